The molecular formula is C13H22NO2+. The smallest absolute Gasteiger partial charge is 0.128 e. The minimum atomic E-state index is -0.140. The van der Waals surface area contributed by atoms with Gasteiger partial charge in [0.2, 0.25) is 0 Å². The molecule has 0 heterocycles. The summed E-state index contributed by atoms with van der Waals surface area (Å²) in [5.74, 6) is 0.940. The summed E-state index contributed by atoms with van der Waals surface area (Å²) in [6, 6.07) is 8.04. The quantitative estimate of drug-likeness (QED) is 0.755. The van der Waals surface area contributed by atoms with Crippen LogP contribution < -0.4 is 10.1 Å². The Morgan fingerprint density at radius 3 is 2.62 bits per heavy atom. The van der Waals surface area contributed by atoms with Gasteiger partial charge in [0, 0.05) is 5.56 Å². The number of para-hydroxylation sites is 1. The lowest BCUT2D eigenvalue weighted by Crippen LogP contribution is -2.95. The summed E-state index contributed by atoms with van der Waals surface area (Å²) in [5, 5.41) is 11.3. The number of aliphatic hydroxyl groups excluding tert-OH is 1. The number of quaternary nitrogens is 1. The number of aliphatic hydroxyl groups is 1. The van der Waals surface area contributed by atoms with Crippen molar-refractivity contribution in [3.05, 3.63) is 29.8 Å². The molecular weight excluding hydrogens is 202 g/mol. The van der Waals surface area contributed by atoms with Crippen LogP contribution in [-0.4, -0.2) is 23.9 Å². The fourth-order valence-electron chi connectivity index (χ4n) is 1.42. The number of hydrogen-bond donors (Lipinski definition) is 2. The van der Waals surface area contributed by atoms with E-state index in [-0.39, 0.29) is 12.1 Å². The van der Waals surface area contributed by atoms with E-state index in [0.717, 1.165) is 12.3 Å². The molecule has 0 bridgehead atoms. The van der Waals surface area contributed by atoms with Crippen molar-refractivity contribution in [3.63, 3.8) is 0 Å². The molecule has 0 amide bonds. The second kappa shape index (κ2) is 5.87. The number of nitrogens with two attached hydrogens (primary N) is 1. The first-order chi connectivity index (χ1) is 7.59. The maximum atomic E-state index is 9.18. The minimum Gasteiger partial charge on any atom is -0.493 e. The maximum absolute atomic E-state index is 9.18. The lowest BCUT2D eigenvalue weighted by molar-refractivity contribution is -0.736. The molecule has 3 N–H and O–H groups in total. The molecule has 1 aromatic rings. The topological polar surface area (TPSA) is 46.1 Å². The third-order valence-electron chi connectivity index (χ3n) is 2.55. The van der Waals surface area contributed by atoms with E-state index < -0.39 is 0 Å². The van der Waals surface area contributed by atoms with Crippen LogP contribution in [0.4, 0.5) is 0 Å². The lowest BCUT2D eigenvalue weighted by atomic mass is 10.1. The molecule has 3 heteroatoms. The van der Waals surface area contributed by atoms with Gasteiger partial charge in [-0.05, 0) is 32.9 Å². The van der Waals surface area contributed by atoms with Gasteiger partial charge in [-0.15, -0.1) is 0 Å². The highest BCUT2D eigenvalue weighted by molar-refractivity contribution is 5.32. The molecule has 90 valence electrons. The van der Waals surface area contributed by atoms with Crippen molar-refractivity contribution in [3.8, 4) is 5.75 Å². The SMILES string of the molecule is CCOc1ccccc1C[NH2+]C(C)(C)CO. The van der Waals surface area contributed by atoms with Gasteiger partial charge >= 0.3 is 0 Å². The Morgan fingerprint density at radius 1 is 1.31 bits per heavy atom. The first-order valence-electron chi connectivity index (χ1n) is 5.75. The maximum Gasteiger partial charge on any atom is 0.128 e. The molecule has 0 unspecified atom stereocenters. The summed E-state index contributed by atoms with van der Waals surface area (Å²) in [6.45, 7) is 7.71. The summed E-state index contributed by atoms with van der Waals surface area (Å²) in [4.78, 5) is 0. The zero-order chi connectivity index (χ0) is 12.0. The van der Waals surface area contributed by atoms with Crippen molar-refractivity contribution in [2.24, 2.45) is 0 Å². The van der Waals surface area contributed by atoms with Gasteiger partial charge in [0.05, 0.1) is 13.2 Å². The highest BCUT2D eigenvalue weighted by Gasteiger charge is 2.20. The Hall–Kier alpha value is -1.06. The van der Waals surface area contributed by atoms with Gasteiger partial charge in [-0.3, -0.25) is 0 Å². The van der Waals surface area contributed by atoms with E-state index in [4.69, 9.17) is 4.74 Å². The normalized spacial score (nSPS) is 11.5. The average Bonchev–Trinajstić information content (AvgIpc) is 2.28. The first-order valence-corrected chi connectivity index (χ1v) is 5.75. The average molecular weight is 224 g/mol. The van der Waals surface area contributed by atoms with Gasteiger partial charge in [0.15, 0.2) is 0 Å². The van der Waals surface area contributed by atoms with Gasteiger partial charge in [0.25, 0.3) is 0 Å². The second-order valence-electron chi connectivity index (χ2n) is 4.60. The molecule has 0 fully saturated rings. The van der Waals surface area contributed by atoms with Crippen LogP contribution in [-0.2, 0) is 6.54 Å². The Balaban J connectivity index is 2.66. The van der Waals surface area contributed by atoms with E-state index in [1.54, 1.807) is 0 Å². The van der Waals surface area contributed by atoms with Crippen LogP contribution in [0, 0.1) is 0 Å². The third kappa shape index (κ3) is 3.83. The fourth-order valence-corrected chi connectivity index (χ4v) is 1.42. The van der Waals surface area contributed by atoms with Crippen LogP contribution in [0.25, 0.3) is 0 Å². The summed E-state index contributed by atoms with van der Waals surface area (Å²) in [5.41, 5.74) is 1.03. The van der Waals surface area contributed by atoms with E-state index in [1.165, 1.54) is 5.56 Å². The van der Waals surface area contributed by atoms with Crippen LogP contribution in [0.5, 0.6) is 5.75 Å². The van der Waals surface area contributed by atoms with Crippen LogP contribution >= 0.6 is 0 Å². The molecule has 0 aliphatic heterocycles. The third-order valence-corrected chi connectivity index (χ3v) is 2.55. The zero-order valence-electron chi connectivity index (χ0n) is 10.4. The van der Waals surface area contributed by atoms with E-state index >= 15 is 0 Å². The number of ether oxygens (including phenoxy) is 1. The van der Waals surface area contributed by atoms with Crippen molar-refractivity contribution in [2.45, 2.75) is 32.9 Å². The molecule has 0 aliphatic rings. The monoisotopic (exact) mass is 224 g/mol. The van der Waals surface area contributed by atoms with Crippen LogP contribution in [0.3, 0.4) is 0 Å². The van der Waals surface area contributed by atoms with Gasteiger partial charge in [-0.25, -0.2) is 0 Å². The Morgan fingerprint density at radius 2 is 2.00 bits per heavy atom. The molecule has 1 aromatic carbocycles. The summed E-state index contributed by atoms with van der Waals surface area (Å²) >= 11 is 0. The summed E-state index contributed by atoms with van der Waals surface area (Å²) in [6.07, 6.45) is 0. The van der Waals surface area contributed by atoms with Crippen molar-refractivity contribution in [1.29, 1.82) is 0 Å². The fraction of sp³-hybridized carbons (Fsp3) is 0.538. The van der Waals surface area contributed by atoms with Crippen molar-refractivity contribution >= 4 is 0 Å². The van der Waals surface area contributed by atoms with Crippen molar-refractivity contribution in [2.75, 3.05) is 13.2 Å². The molecule has 0 saturated heterocycles. The lowest BCUT2D eigenvalue weighted by Gasteiger charge is -2.20. The van der Waals surface area contributed by atoms with E-state index in [2.05, 4.69) is 11.4 Å². The molecule has 0 spiro atoms. The highest BCUT2D eigenvalue weighted by atomic mass is 16.5. The number of rotatable bonds is 6. The number of benzene rings is 1. The van der Waals surface area contributed by atoms with Crippen molar-refractivity contribution in [1.82, 2.24) is 0 Å². The molecule has 0 saturated carbocycles. The molecule has 16 heavy (non-hydrogen) atoms. The van der Waals surface area contributed by atoms with E-state index in [9.17, 15) is 5.11 Å². The minimum absolute atomic E-state index is 0.140. The molecule has 0 aromatic heterocycles. The molecule has 0 aliphatic carbocycles. The predicted octanol–water partition coefficient (Wildman–Crippen LogP) is 0.920. The summed E-state index contributed by atoms with van der Waals surface area (Å²) < 4.78 is 5.55. The Bertz CT molecular complexity index is 323. The van der Waals surface area contributed by atoms with Gasteiger partial charge in [-0.2, -0.15) is 0 Å². The molecule has 0 radical (unpaired) electrons. The van der Waals surface area contributed by atoms with Gasteiger partial charge < -0.3 is 15.2 Å². The van der Waals surface area contributed by atoms with Crippen LogP contribution in [0.15, 0.2) is 24.3 Å². The highest BCUT2D eigenvalue weighted by Crippen LogP contribution is 2.16. The van der Waals surface area contributed by atoms with Gasteiger partial charge in [0.1, 0.15) is 17.8 Å². The molecule has 3 nitrogen and oxygen atoms in total. The second-order valence-corrected chi connectivity index (χ2v) is 4.60. The predicted molar refractivity (Wildman–Crippen MR) is 64.4 cm³/mol. The Labute approximate surface area is 97.4 Å². The largest absolute Gasteiger partial charge is 0.493 e. The standard InChI is InChI=1S/C13H21NO2/c1-4-16-12-8-6-5-7-11(12)9-14-13(2,3)10-15/h5-8,14-15H,4,9-10H2,1-3H3/p+1. The Kier molecular flexibility index (Phi) is 4.77. The van der Waals surface area contributed by atoms with Crippen molar-refractivity contribution < 1.29 is 15.2 Å². The van der Waals surface area contributed by atoms with Gasteiger partial charge in [-0.1, -0.05) is 12.1 Å². The zero-order valence-corrected chi connectivity index (χ0v) is 10.4. The molecule has 0 atom stereocenters. The van der Waals surface area contributed by atoms with Crippen LogP contribution in [0.2, 0.25) is 0 Å². The summed E-state index contributed by atoms with van der Waals surface area (Å²) in [7, 11) is 0. The molecule has 1 rings (SSSR count). The van der Waals surface area contributed by atoms with E-state index in [1.807, 2.05) is 39.0 Å². The first kappa shape index (κ1) is 13.0. The van der Waals surface area contributed by atoms with E-state index in [0.29, 0.717) is 6.61 Å². The number of hydrogen-bond acceptors (Lipinski definition) is 2. The van der Waals surface area contributed by atoms with Crippen LogP contribution in [0.1, 0.15) is 26.3 Å².